The summed E-state index contributed by atoms with van der Waals surface area (Å²) in [7, 11) is 12.8. The van der Waals surface area contributed by atoms with Crippen LogP contribution in [0.1, 0.15) is 38.3 Å². The molecule has 0 aliphatic heterocycles. The zero-order valence-electron chi connectivity index (χ0n) is 25.1. The Morgan fingerprint density at radius 2 is 0.929 bits per heavy atom. The fraction of sp³-hybridized carbons (Fsp3) is 0.184. The van der Waals surface area contributed by atoms with Gasteiger partial charge in [0.2, 0.25) is 0 Å². The van der Waals surface area contributed by atoms with Crippen LogP contribution >= 0.6 is 17.0 Å². The summed E-state index contributed by atoms with van der Waals surface area (Å²) < 4.78 is 0. The van der Waals surface area contributed by atoms with Crippen molar-refractivity contribution in [3.8, 4) is 22.3 Å². The maximum absolute atomic E-state index is 4.93. The second-order valence-corrected chi connectivity index (χ2v) is 13.1. The van der Waals surface area contributed by atoms with Gasteiger partial charge in [-0.15, -0.1) is 69.1 Å². The van der Waals surface area contributed by atoms with Gasteiger partial charge in [-0.25, -0.2) is 0 Å². The Bertz CT molecular complexity index is 1430. The number of fused-ring (bicyclic) bond motifs is 2. The van der Waals surface area contributed by atoms with Gasteiger partial charge in [0.1, 0.15) is 0 Å². The van der Waals surface area contributed by atoms with Crippen LogP contribution in [-0.4, -0.2) is 10.2 Å². The van der Waals surface area contributed by atoms with E-state index in [2.05, 4.69) is 152 Å². The number of benzene rings is 4. The molecule has 0 fully saturated rings. The Balaban J connectivity index is 0.000000236. The molecule has 0 unspecified atom stereocenters. The molecule has 0 atom stereocenters. The Morgan fingerprint density at radius 3 is 1.24 bits per heavy atom. The molecule has 0 nitrogen and oxygen atoms in total. The average Bonchev–Trinajstić information content (AvgIpc) is 3.68. The standard InChI is InChI=1S/2C17H15.C3H7.CH3Si.2ClH.Zr/c2*1-2-13-11-15-9-6-10-16(17(15)12-13)14-7-4-3-5-8-14;1-3-2;1-2;;;/h2*3-12H,2H2,1H3;1,3H2,2H3;1H3;2*1H;/q3*-1;;;;+2/p-2. The number of halogens is 2. The van der Waals surface area contributed by atoms with Crippen molar-refractivity contribution in [1.82, 2.24) is 0 Å². The molecule has 0 heterocycles. The van der Waals surface area contributed by atoms with E-state index in [1.54, 1.807) is 6.55 Å². The van der Waals surface area contributed by atoms with Gasteiger partial charge in [0.25, 0.3) is 0 Å². The first-order valence-electron chi connectivity index (χ1n) is 14.3. The van der Waals surface area contributed by atoms with E-state index in [9.17, 15) is 0 Å². The van der Waals surface area contributed by atoms with Crippen LogP contribution in [0.25, 0.3) is 43.8 Å². The summed E-state index contributed by atoms with van der Waals surface area (Å²) in [6.45, 7) is 11.7. The van der Waals surface area contributed by atoms with E-state index >= 15 is 0 Å². The molecule has 0 saturated carbocycles. The van der Waals surface area contributed by atoms with Crippen molar-refractivity contribution < 1.29 is 20.8 Å². The van der Waals surface area contributed by atoms with E-state index in [0.717, 1.165) is 19.3 Å². The Morgan fingerprint density at radius 1 is 0.595 bits per heavy atom. The normalized spacial score (nSPS) is 9.71. The molecule has 0 N–H and O–H groups in total. The zero-order valence-corrected chi connectivity index (χ0v) is 30.1. The van der Waals surface area contributed by atoms with Crippen LogP contribution in [0.5, 0.6) is 0 Å². The summed E-state index contributed by atoms with van der Waals surface area (Å²) >= 11 is -0.826. The number of hydrogen-bond donors (Lipinski definition) is 0. The molecule has 0 spiro atoms. The first-order chi connectivity index (χ1) is 20.6. The van der Waals surface area contributed by atoms with Gasteiger partial charge in [-0.05, 0) is 24.0 Å². The van der Waals surface area contributed by atoms with Gasteiger partial charge < -0.3 is 6.92 Å². The van der Waals surface area contributed by atoms with E-state index in [1.165, 1.54) is 54.9 Å². The average molecular weight is 687 g/mol. The van der Waals surface area contributed by atoms with Crippen LogP contribution < -0.4 is 0 Å². The van der Waals surface area contributed by atoms with Crippen LogP contribution in [0.3, 0.4) is 0 Å². The predicted octanol–water partition coefficient (Wildman–Crippen LogP) is 12.4. The van der Waals surface area contributed by atoms with Gasteiger partial charge in [-0.1, -0.05) is 111 Å². The van der Waals surface area contributed by atoms with Gasteiger partial charge in [-0.3, -0.25) is 0 Å². The summed E-state index contributed by atoms with van der Waals surface area (Å²) in [6.07, 6.45) is 3.20. The van der Waals surface area contributed by atoms with Crippen molar-refractivity contribution >= 4 is 48.8 Å². The molecular formula is C38H40Cl2SiZr-3. The quantitative estimate of drug-likeness (QED) is 0.128. The minimum absolute atomic E-state index is 0.826. The van der Waals surface area contributed by atoms with Crippen molar-refractivity contribution in [2.75, 3.05) is 0 Å². The summed E-state index contributed by atoms with van der Waals surface area (Å²) in [4.78, 5) is 0. The van der Waals surface area contributed by atoms with Gasteiger partial charge in [0.15, 0.2) is 0 Å². The second-order valence-electron chi connectivity index (χ2n) is 9.35. The number of hydrogen-bond acceptors (Lipinski definition) is 0. The van der Waals surface area contributed by atoms with Crippen LogP contribution in [0.15, 0.2) is 121 Å². The van der Waals surface area contributed by atoms with Gasteiger partial charge in [0.05, 0.1) is 0 Å². The van der Waals surface area contributed by atoms with E-state index in [-0.39, 0.29) is 0 Å². The maximum atomic E-state index is 4.93. The molecule has 3 radical (unpaired) electrons. The molecule has 0 aliphatic rings. The van der Waals surface area contributed by atoms with Gasteiger partial charge in [0, 0.05) is 10.2 Å². The SMILES string of the molecule is CCc1cc2c(-c3ccccc3)cccc2[cH-]1.CCc1cc2c(-c3ccccc3)cccc2[cH-]1.C[Si].[CH2-]CC.[Cl][Zr][Cl]. The van der Waals surface area contributed by atoms with Crippen LogP contribution in [0, 0.1) is 6.92 Å². The molecular weight excluding hydrogens is 647 g/mol. The predicted molar refractivity (Wildman–Crippen MR) is 188 cm³/mol. The van der Waals surface area contributed by atoms with Gasteiger partial charge in [-0.2, -0.15) is 18.6 Å². The molecule has 0 bridgehead atoms. The fourth-order valence-corrected chi connectivity index (χ4v) is 4.74. The molecule has 6 rings (SSSR count). The van der Waals surface area contributed by atoms with Crippen LogP contribution in [0.4, 0.5) is 0 Å². The molecule has 4 heteroatoms. The monoisotopic (exact) mass is 684 g/mol. The Hall–Kier alpha value is -2.22. The van der Waals surface area contributed by atoms with Crippen molar-refractivity contribution in [3.63, 3.8) is 0 Å². The zero-order chi connectivity index (χ0) is 30.7. The van der Waals surface area contributed by atoms with Gasteiger partial charge >= 0.3 is 37.9 Å². The van der Waals surface area contributed by atoms with E-state index < -0.39 is 20.8 Å². The van der Waals surface area contributed by atoms with Crippen LogP contribution in [-0.2, 0) is 33.7 Å². The fourth-order valence-electron chi connectivity index (χ4n) is 4.74. The summed E-state index contributed by atoms with van der Waals surface area (Å²) in [5.74, 6) is 0. The summed E-state index contributed by atoms with van der Waals surface area (Å²) in [6, 6.07) is 43.5. The first kappa shape index (κ1) is 36.0. The molecule has 42 heavy (non-hydrogen) atoms. The first-order valence-corrected chi connectivity index (χ1v) is 21.7. The summed E-state index contributed by atoms with van der Waals surface area (Å²) in [5.41, 5.74) is 8.11. The third-order valence-electron chi connectivity index (χ3n) is 6.61. The Kier molecular flexibility index (Phi) is 17.7. The molecule has 0 aliphatic carbocycles. The molecule has 217 valence electrons. The van der Waals surface area contributed by atoms with Crippen molar-refractivity contribution in [2.45, 2.75) is 46.6 Å². The number of aryl methyl sites for hydroxylation is 2. The third kappa shape index (κ3) is 10.5. The van der Waals surface area contributed by atoms with E-state index in [4.69, 9.17) is 17.0 Å². The molecule has 0 saturated heterocycles. The summed E-state index contributed by atoms with van der Waals surface area (Å²) in [5, 5.41) is 5.44. The van der Waals surface area contributed by atoms with Crippen molar-refractivity contribution in [3.05, 3.63) is 139 Å². The minimum atomic E-state index is -0.826. The Labute approximate surface area is 275 Å². The topological polar surface area (TPSA) is 0 Å². The number of rotatable bonds is 4. The molecule has 6 aromatic rings. The van der Waals surface area contributed by atoms with E-state index in [1.807, 2.05) is 6.92 Å². The van der Waals surface area contributed by atoms with Crippen molar-refractivity contribution in [2.24, 2.45) is 0 Å². The molecule has 6 aromatic carbocycles. The second kappa shape index (κ2) is 20.6. The molecule has 0 aromatic heterocycles. The third-order valence-corrected chi connectivity index (χ3v) is 6.61. The van der Waals surface area contributed by atoms with Crippen LogP contribution in [0.2, 0.25) is 6.55 Å². The van der Waals surface area contributed by atoms with Crippen molar-refractivity contribution in [1.29, 1.82) is 0 Å². The molecule has 0 amide bonds. The van der Waals surface area contributed by atoms with E-state index in [0.29, 0.717) is 0 Å².